The number of carbonyl (C=O) groups is 1. The molecule has 2 atom stereocenters. The van der Waals surface area contributed by atoms with Crippen molar-refractivity contribution in [1.82, 2.24) is 4.90 Å². The summed E-state index contributed by atoms with van der Waals surface area (Å²) >= 11 is 0. The van der Waals surface area contributed by atoms with Crippen LogP contribution in [0.5, 0.6) is 5.75 Å². The van der Waals surface area contributed by atoms with Gasteiger partial charge in [0.25, 0.3) is 5.91 Å². The van der Waals surface area contributed by atoms with E-state index in [0.29, 0.717) is 18.7 Å². The van der Waals surface area contributed by atoms with Crippen LogP contribution >= 0.6 is 0 Å². The second-order valence-electron chi connectivity index (χ2n) is 7.04. The molecule has 2 aromatic rings. The highest BCUT2D eigenvalue weighted by Gasteiger charge is 2.34. The molecule has 5 nitrogen and oxygen atoms in total. The first-order valence-corrected chi connectivity index (χ1v) is 9.43. The van der Waals surface area contributed by atoms with E-state index in [9.17, 15) is 9.90 Å². The minimum Gasteiger partial charge on any atom is -0.491 e. The summed E-state index contributed by atoms with van der Waals surface area (Å²) in [6, 6.07) is 15.2. The fourth-order valence-electron chi connectivity index (χ4n) is 3.35. The van der Waals surface area contributed by atoms with Crippen LogP contribution in [0.1, 0.15) is 31.1 Å². The molecule has 0 radical (unpaired) electrons. The van der Waals surface area contributed by atoms with Gasteiger partial charge in [0.2, 0.25) is 0 Å². The molecule has 27 heavy (non-hydrogen) atoms. The SMILES string of the molecule is CCN(C(=O)c1ccc(-c2cccc(OC(C)C)c2)cc1)C1COCC1O. The largest absolute Gasteiger partial charge is 0.491 e. The van der Waals surface area contributed by atoms with Crippen LogP contribution in [-0.4, -0.2) is 53.9 Å². The van der Waals surface area contributed by atoms with Crippen molar-refractivity contribution in [1.29, 1.82) is 0 Å². The minimum atomic E-state index is -0.628. The summed E-state index contributed by atoms with van der Waals surface area (Å²) in [7, 11) is 0. The number of carbonyl (C=O) groups excluding carboxylic acids is 1. The lowest BCUT2D eigenvalue weighted by Gasteiger charge is -2.28. The van der Waals surface area contributed by atoms with Gasteiger partial charge in [0.05, 0.1) is 31.5 Å². The normalized spacial score (nSPS) is 19.3. The molecule has 0 aromatic heterocycles. The first-order chi connectivity index (χ1) is 13.0. The van der Waals surface area contributed by atoms with E-state index < -0.39 is 6.10 Å². The Hall–Kier alpha value is -2.37. The average Bonchev–Trinajstić information content (AvgIpc) is 3.08. The molecule has 1 heterocycles. The number of rotatable bonds is 6. The van der Waals surface area contributed by atoms with Crippen molar-refractivity contribution in [3.63, 3.8) is 0 Å². The standard InChI is InChI=1S/C22H27NO4/c1-4-23(20-13-26-14-21(20)24)22(25)17-10-8-16(9-11-17)18-6-5-7-19(12-18)27-15(2)3/h5-12,15,20-21,24H,4,13-14H2,1-3H3. The molecule has 144 valence electrons. The smallest absolute Gasteiger partial charge is 0.254 e. The van der Waals surface area contributed by atoms with Gasteiger partial charge in [-0.1, -0.05) is 24.3 Å². The van der Waals surface area contributed by atoms with Crippen LogP contribution in [0.2, 0.25) is 0 Å². The van der Waals surface area contributed by atoms with Crippen molar-refractivity contribution in [2.24, 2.45) is 0 Å². The zero-order chi connectivity index (χ0) is 19.4. The summed E-state index contributed by atoms with van der Waals surface area (Å²) in [6.07, 6.45) is -0.507. The van der Waals surface area contributed by atoms with Crippen LogP contribution in [-0.2, 0) is 4.74 Å². The van der Waals surface area contributed by atoms with Gasteiger partial charge in [-0.2, -0.15) is 0 Å². The number of likely N-dealkylation sites (N-methyl/N-ethyl adjacent to an activating group) is 1. The number of hydrogen-bond acceptors (Lipinski definition) is 4. The number of benzene rings is 2. The highest BCUT2D eigenvalue weighted by molar-refractivity contribution is 5.95. The van der Waals surface area contributed by atoms with Crippen LogP contribution in [0.3, 0.4) is 0 Å². The lowest BCUT2D eigenvalue weighted by molar-refractivity contribution is 0.0520. The van der Waals surface area contributed by atoms with Gasteiger partial charge >= 0.3 is 0 Å². The zero-order valence-electron chi connectivity index (χ0n) is 16.1. The van der Waals surface area contributed by atoms with Gasteiger partial charge in [0, 0.05) is 12.1 Å². The quantitative estimate of drug-likeness (QED) is 0.848. The maximum atomic E-state index is 12.9. The van der Waals surface area contributed by atoms with Gasteiger partial charge in [0.1, 0.15) is 5.75 Å². The van der Waals surface area contributed by atoms with Crippen LogP contribution < -0.4 is 4.74 Å². The van der Waals surface area contributed by atoms with E-state index in [1.807, 2.05) is 69.3 Å². The Kier molecular flexibility index (Phi) is 6.14. The Balaban J connectivity index is 1.77. The maximum Gasteiger partial charge on any atom is 0.254 e. The van der Waals surface area contributed by atoms with Gasteiger partial charge in [-0.05, 0) is 56.2 Å². The molecule has 1 aliphatic heterocycles. The second-order valence-corrected chi connectivity index (χ2v) is 7.04. The molecule has 2 aromatic carbocycles. The first kappa shape index (κ1) is 19.4. The number of nitrogens with zero attached hydrogens (tertiary/aromatic N) is 1. The molecule has 1 amide bonds. The van der Waals surface area contributed by atoms with Crippen LogP contribution in [0.15, 0.2) is 48.5 Å². The van der Waals surface area contributed by atoms with E-state index in [1.165, 1.54) is 0 Å². The molecule has 3 rings (SSSR count). The highest BCUT2D eigenvalue weighted by Crippen LogP contribution is 2.25. The minimum absolute atomic E-state index is 0.0875. The average molecular weight is 369 g/mol. The fourth-order valence-corrected chi connectivity index (χ4v) is 3.35. The predicted octanol–water partition coefficient (Wildman–Crippen LogP) is 3.36. The van der Waals surface area contributed by atoms with Crippen LogP contribution in [0, 0.1) is 0 Å². The molecule has 0 saturated carbocycles. The van der Waals surface area contributed by atoms with E-state index >= 15 is 0 Å². The molecule has 0 aliphatic carbocycles. The third-order valence-electron chi connectivity index (χ3n) is 4.69. The van der Waals surface area contributed by atoms with Crippen molar-refractivity contribution in [3.8, 4) is 16.9 Å². The van der Waals surface area contributed by atoms with Crippen molar-refractivity contribution in [2.45, 2.75) is 39.0 Å². The third kappa shape index (κ3) is 4.49. The van der Waals surface area contributed by atoms with Crippen molar-refractivity contribution >= 4 is 5.91 Å². The van der Waals surface area contributed by atoms with Crippen LogP contribution in [0.4, 0.5) is 0 Å². The maximum absolute atomic E-state index is 12.9. The zero-order valence-corrected chi connectivity index (χ0v) is 16.1. The Morgan fingerprint density at radius 2 is 1.93 bits per heavy atom. The third-order valence-corrected chi connectivity index (χ3v) is 4.69. The summed E-state index contributed by atoms with van der Waals surface area (Å²) in [5, 5.41) is 10.0. The van der Waals surface area contributed by atoms with Crippen molar-refractivity contribution < 1.29 is 19.4 Å². The van der Waals surface area contributed by atoms with Gasteiger partial charge in [0.15, 0.2) is 0 Å². The number of amides is 1. The van der Waals surface area contributed by atoms with Gasteiger partial charge in [-0.15, -0.1) is 0 Å². The molecule has 0 spiro atoms. The van der Waals surface area contributed by atoms with E-state index in [1.54, 1.807) is 4.90 Å². The summed E-state index contributed by atoms with van der Waals surface area (Å²) in [4.78, 5) is 14.6. The fraction of sp³-hybridized carbons (Fsp3) is 0.409. The van der Waals surface area contributed by atoms with Crippen LogP contribution in [0.25, 0.3) is 11.1 Å². The predicted molar refractivity (Wildman–Crippen MR) is 105 cm³/mol. The monoisotopic (exact) mass is 369 g/mol. The topological polar surface area (TPSA) is 59.0 Å². The molecule has 1 fully saturated rings. The first-order valence-electron chi connectivity index (χ1n) is 9.43. The molecule has 5 heteroatoms. The molecular weight excluding hydrogens is 342 g/mol. The Morgan fingerprint density at radius 3 is 2.52 bits per heavy atom. The van der Waals surface area contributed by atoms with Gasteiger partial charge in [-0.25, -0.2) is 0 Å². The lowest BCUT2D eigenvalue weighted by Crippen LogP contribution is -2.46. The summed E-state index contributed by atoms with van der Waals surface area (Å²) in [5.41, 5.74) is 2.67. The van der Waals surface area contributed by atoms with E-state index in [-0.39, 0.29) is 24.7 Å². The second kappa shape index (κ2) is 8.55. The number of hydrogen-bond donors (Lipinski definition) is 1. The highest BCUT2D eigenvalue weighted by atomic mass is 16.5. The summed E-state index contributed by atoms with van der Waals surface area (Å²) in [6.45, 7) is 7.10. The number of aliphatic hydroxyl groups excluding tert-OH is 1. The van der Waals surface area contributed by atoms with Crippen molar-refractivity contribution in [2.75, 3.05) is 19.8 Å². The molecule has 1 N–H and O–H groups in total. The molecular formula is C22H27NO4. The van der Waals surface area contributed by atoms with E-state index in [2.05, 4.69) is 0 Å². The van der Waals surface area contributed by atoms with Crippen molar-refractivity contribution in [3.05, 3.63) is 54.1 Å². The Labute approximate surface area is 160 Å². The van der Waals surface area contributed by atoms with Gasteiger partial charge in [-0.3, -0.25) is 4.79 Å². The van der Waals surface area contributed by atoms with Gasteiger partial charge < -0.3 is 19.5 Å². The van der Waals surface area contributed by atoms with E-state index in [4.69, 9.17) is 9.47 Å². The van der Waals surface area contributed by atoms with E-state index in [0.717, 1.165) is 16.9 Å². The number of aliphatic hydroxyl groups is 1. The Morgan fingerprint density at radius 1 is 1.19 bits per heavy atom. The lowest BCUT2D eigenvalue weighted by atomic mass is 10.0. The summed E-state index contributed by atoms with van der Waals surface area (Å²) in [5.74, 6) is 0.741. The molecule has 2 unspecified atom stereocenters. The number of ether oxygens (including phenoxy) is 2. The summed E-state index contributed by atoms with van der Waals surface area (Å²) < 4.78 is 11.1. The molecule has 1 saturated heterocycles. The Bertz CT molecular complexity index is 772. The molecule has 0 bridgehead atoms. The molecule has 1 aliphatic rings.